The number of likely N-dealkylation sites (tertiary alicyclic amines) is 1. The summed E-state index contributed by atoms with van der Waals surface area (Å²) >= 11 is 0. The molecule has 0 radical (unpaired) electrons. The van der Waals surface area contributed by atoms with Gasteiger partial charge < -0.3 is 20.5 Å². The maximum Gasteiger partial charge on any atom is 0.416 e. The number of carbonyl (C=O) groups excluding carboxylic acids is 2. The van der Waals surface area contributed by atoms with E-state index in [0.717, 1.165) is 18.2 Å². The highest BCUT2D eigenvalue weighted by Gasteiger charge is 2.42. The van der Waals surface area contributed by atoms with E-state index < -0.39 is 35.7 Å². The number of benzene rings is 2. The van der Waals surface area contributed by atoms with Gasteiger partial charge in [-0.15, -0.1) is 0 Å². The van der Waals surface area contributed by atoms with Gasteiger partial charge in [-0.3, -0.25) is 14.5 Å². The van der Waals surface area contributed by atoms with E-state index in [2.05, 4.69) is 15.5 Å². The number of halogens is 4. The standard InChI is InChI=1S/C28H33F4N3O4/c1-2-39-24-17-35(22-9-11-27(38,12-10-22)19-6-4-8-21(29)14-19)16-23(24)34-25(36)15-33-26(37)18-5-3-7-20(13-18)28(30,31)32/h3-8,13-14,22-24,38H,2,9-12,15-17H2,1H3,(H,33,37)(H,34,36)/t22?,23-,24-,27?/m0/s1. The molecule has 2 amide bonds. The zero-order chi connectivity index (χ0) is 28.2. The van der Waals surface area contributed by atoms with Crippen molar-refractivity contribution < 1.29 is 37.0 Å². The number of rotatable bonds is 8. The van der Waals surface area contributed by atoms with E-state index in [1.807, 2.05) is 6.92 Å². The first-order valence-corrected chi connectivity index (χ1v) is 13.1. The number of aliphatic hydroxyl groups is 1. The van der Waals surface area contributed by atoms with Gasteiger partial charge in [-0.05, 0) is 68.5 Å². The van der Waals surface area contributed by atoms with Crippen LogP contribution in [-0.2, 0) is 21.3 Å². The fourth-order valence-electron chi connectivity index (χ4n) is 5.49. The lowest BCUT2D eigenvalue weighted by Crippen LogP contribution is -2.48. The van der Waals surface area contributed by atoms with E-state index in [0.29, 0.717) is 50.9 Å². The lowest BCUT2D eigenvalue weighted by Gasteiger charge is -2.40. The predicted octanol–water partition coefficient (Wildman–Crippen LogP) is 3.61. The molecule has 212 valence electrons. The van der Waals surface area contributed by atoms with Crippen LogP contribution in [0.1, 0.15) is 54.1 Å². The van der Waals surface area contributed by atoms with Crippen molar-refractivity contribution in [2.75, 3.05) is 26.2 Å². The number of carbonyl (C=O) groups is 2. The lowest BCUT2D eigenvalue weighted by atomic mass is 9.77. The summed E-state index contributed by atoms with van der Waals surface area (Å²) in [5.41, 5.74) is -1.63. The van der Waals surface area contributed by atoms with E-state index in [9.17, 15) is 32.3 Å². The lowest BCUT2D eigenvalue weighted by molar-refractivity contribution is -0.137. The average molecular weight is 552 g/mol. The molecule has 2 atom stereocenters. The number of nitrogens with zero attached hydrogens (tertiary/aromatic N) is 1. The van der Waals surface area contributed by atoms with Gasteiger partial charge in [-0.25, -0.2) is 4.39 Å². The second-order valence-corrected chi connectivity index (χ2v) is 10.2. The normalized spacial score (nSPS) is 25.8. The molecule has 1 heterocycles. The molecule has 1 saturated heterocycles. The van der Waals surface area contributed by atoms with E-state index in [1.165, 1.54) is 18.2 Å². The number of hydrogen-bond acceptors (Lipinski definition) is 5. The third kappa shape index (κ3) is 7.14. The zero-order valence-corrected chi connectivity index (χ0v) is 21.6. The Hall–Kier alpha value is -3.02. The number of ether oxygens (including phenoxy) is 1. The van der Waals surface area contributed by atoms with Crippen LogP contribution >= 0.6 is 0 Å². The summed E-state index contributed by atoms with van der Waals surface area (Å²) in [6.45, 7) is 3.01. The van der Waals surface area contributed by atoms with Crippen molar-refractivity contribution in [3.8, 4) is 0 Å². The van der Waals surface area contributed by atoms with Crippen LogP contribution in [0.5, 0.6) is 0 Å². The maximum absolute atomic E-state index is 13.7. The van der Waals surface area contributed by atoms with Gasteiger partial charge in [-0.2, -0.15) is 13.2 Å². The Morgan fingerprint density at radius 3 is 2.49 bits per heavy atom. The Kier molecular flexibility index (Phi) is 8.93. The highest BCUT2D eigenvalue weighted by Crippen LogP contribution is 2.39. The van der Waals surface area contributed by atoms with Crippen LogP contribution in [0, 0.1) is 5.82 Å². The summed E-state index contributed by atoms with van der Waals surface area (Å²) in [6.07, 6.45) is -2.50. The molecule has 0 bridgehead atoms. The Balaban J connectivity index is 1.30. The summed E-state index contributed by atoms with van der Waals surface area (Å²) in [5.74, 6) is -1.64. The molecule has 2 aliphatic rings. The number of alkyl halides is 3. The van der Waals surface area contributed by atoms with Crippen LogP contribution < -0.4 is 10.6 Å². The summed E-state index contributed by atoms with van der Waals surface area (Å²) < 4.78 is 58.3. The van der Waals surface area contributed by atoms with Gasteiger partial charge >= 0.3 is 6.18 Å². The zero-order valence-electron chi connectivity index (χ0n) is 21.6. The van der Waals surface area contributed by atoms with Crippen LogP contribution in [0.25, 0.3) is 0 Å². The van der Waals surface area contributed by atoms with Gasteiger partial charge in [0.1, 0.15) is 5.82 Å². The number of hydrogen-bond donors (Lipinski definition) is 3. The molecule has 0 unspecified atom stereocenters. The van der Waals surface area contributed by atoms with Crippen LogP contribution in [0.4, 0.5) is 17.6 Å². The summed E-state index contributed by atoms with van der Waals surface area (Å²) in [7, 11) is 0. The summed E-state index contributed by atoms with van der Waals surface area (Å²) in [5, 5.41) is 16.4. The molecular formula is C28H33F4N3O4. The van der Waals surface area contributed by atoms with E-state index in [-0.39, 0.29) is 29.6 Å². The molecular weight excluding hydrogens is 518 g/mol. The molecule has 3 N–H and O–H groups in total. The third-order valence-electron chi connectivity index (χ3n) is 7.54. The maximum atomic E-state index is 13.7. The molecule has 1 saturated carbocycles. The van der Waals surface area contributed by atoms with Crippen molar-refractivity contribution in [2.24, 2.45) is 0 Å². The molecule has 2 fully saturated rings. The number of amides is 2. The van der Waals surface area contributed by atoms with Gasteiger partial charge in [0.05, 0.1) is 29.9 Å². The minimum Gasteiger partial charge on any atom is -0.385 e. The second-order valence-electron chi connectivity index (χ2n) is 10.2. The first kappa shape index (κ1) is 29.0. The third-order valence-corrected chi connectivity index (χ3v) is 7.54. The first-order valence-electron chi connectivity index (χ1n) is 13.1. The van der Waals surface area contributed by atoms with Gasteiger partial charge in [0, 0.05) is 31.3 Å². The topological polar surface area (TPSA) is 90.9 Å². The highest BCUT2D eigenvalue weighted by molar-refractivity contribution is 5.96. The van der Waals surface area contributed by atoms with Gasteiger partial charge in [0.15, 0.2) is 0 Å². The highest BCUT2D eigenvalue weighted by atomic mass is 19.4. The smallest absolute Gasteiger partial charge is 0.385 e. The molecule has 39 heavy (non-hydrogen) atoms. The van der Waals surface area contributed by atoms with Crippen LogP contribution in [0.2, 0.25) is 0 Å². The second kappa shape index (κ2) is 12.0. The number of nitrogens with one attached hydrogen (secondary N) is 2. The molecule has 0 aromatic heterocycles. The van der Waals surface area contributed by atoms with Crippen LogP contribution in [0.15, 0.2) is 48.5 Å². The van der Waals surface area contributed by atoms with Crippen molar-refractivity contribution in [2.45, 2.75) is 62.6 Å². The Labute approximate surface area is 224 Å². The van der Waals surface area contributed by atoms with Crippen molar-refractivity contribution >= 4 is 11.8 Å². The quantitative estimate of drug-likeness (QED) is 0.437. The van der Waals surface area contributed by atoms with Crippen molar-refractivity contribution in [3.05, 3.63) is 71.0 Å². The minimum absolute atomic E-state index is 0.157. The Morgan fingerprint density at radius 2 is 1.82 bits per heavy atom. The Morgan fingerprint density at radius 1 is 1.10 bits per heavy atom. The molecule has 2 aromatic rings. The molecule has 2 aromatic carbocycles. The first-order chi connectivity index (χ1) is 18.5. The van der Waals surface area contributed by atoms with Crippen molar-refractivity contribution in [1.82, 2.24) is 15.5 Å². The van der Waals surface area contributed by atoms with Gasteiger partial charge in [0.25, 0.3) is 5.91 Å². The predicted molar refractivity (Wildman–Crippen MR) is 135 cm³/mol. The molecule has 11 heteroatoms. The van der Waals surface area contributed by atoms with Gasteiger partial charge in [-0.1, -0.05) is 18.2 Å². The van der Waals surface area contributed by atoms with E-state index >= 15 is 0 Å². The van der Waals surface area contributed by atoms with E-state index in [1.54, 1.807) is 12.1 Å². The minimum atomic E-state index is -4.58. The van der Waals surface area contributed by atoms with E-state index in [4.69, 9.17) is 4.74 Å². The van der Waals surface area contributed by atoms with Crippen molar-refractivity contribution in [1.29, 1.82) is 0 Å². The average Bonchev–Trinajstić information content (AvgIpc) is 3.29. The molecule has 0 spiro atoms. The van der Waals surface area contributed by atoms with Crippen LogP contribution in [-0.4, -0.2) is 66.2 Å². The fourth-order valence-corrected chi connectivity index (χ4v) is 5.49. The van der Waals surface area contributed by atoms with Crippen LogP contribution in [0.3, 0.4) is 0 Å². The molecule has 1 aliphatic carbocycles. The van der Waals surface area contributed by atoms with Crippen molar-refractivity contribution in [3.63, 3.8) is 0 Å². The SMILES string of the molecule is CCO[C@H]1CN(C2CCC(O)(c3cccc(F)c3)CC2)C[C@@H]1NC(=O)CNC(=O)c1cccc(C(F)(F)F)c1. The summed E-state index contributed by atoms with van der Waals surface area (Å²) in [6, 6.07) is 9.88. The molecule has 1 aliphatic heterocycles. The summed E-state index contributed by atoms with van der Waals surface area (Å²) in [4.78, 5) is 27.2. The largest absolute Gasteiger partial charge is 0.416 e. The monoisotopic (exact) mass is 551 g/mol. The fraction of sp³-hybridized carbons (Fsp3) is 0.500. The van der Waals surface area contributed by atoms with Gasteiger partial charge in [0.2, 0.25) is 5.91 Å². The molecule has 4 rings (SSSR count). The molecule has 7 nitrogen and oxygen atoms in total. The Bertz CT molecular complexity index is 1170.